The second kappa shape index (κ2) is 9.56. The highest BCUT2D eigenvalue weighted by Gasteiger charge is 2.25. The molecule has 0 unspecified atom stereocenters. The number of aromatic nitrogens is 4. The molecule has 1 N–H and O–H groups in total. The van der Waals surface area contributed by atoms with E-state index in [9.17, 15) is 14.0 Å². The first kappa shape index (κ1) is 22.1. The average Bonchev–Trinajstić information content (AvgIpc) is 3.51. The van der Waals surface area contributed by atoms with Gasteiger partial charge in [-0.05, 0) is 36.4 Å². The lowest BCUT2D eigenvalue weighted by molar-refractivity contribution is -0.135. The quantitative estimate of drug-likeness (QED) is 0.251. The monoisotopic (exact) mass is 469 g/mol. The first-order valence-corrected chi connectivity index (χ1v) is 10.2. The topological polar surface area (TPSA) is 137 Å². The maximum absolute atomic E-state index is 14.4. The lowest BCUT2D eigenvalue weighted by atomic mass is 10.1. The molecule has 1 aromatic carbocycles. The number of thioether (sulfide) groups is 1. The standard InChI is InChI=1S/C20H16FN7O4S/c1-11-22-5-6-28(11)10-16-24-18(27-32-16)13-7-12(3-4-14(13)21)9-23-26-20-25-19(30)15(33-20)8-17(29)31-2/h3-9H,10H2,1-2H3,(H,25,26,30)/b15-8+,23-9?. The van der Waals surface area contributed by atoms with Crippen LogP contribution in [0.5, 0.6) is 0 Å². The van der Waals surface area contributed by atoms with Crippen LogP contribution in [0.3, 0.4) is 0 Å². The molecule has 1 fully saturated rings. The summed E-state index contributed by atoms with van der Waals surface area (Å²) in [6.07, 6.45) is 5.87. The number of hydrogen-bond acceptors (Lipinski definition) is 10. The molecule has 0 spiro atoms. The summed E-state index contributed by atoms with van der Waals surface area (Å²) in [5, 5.41) is 14.3. The number of amides is 1. The van der Waals surface area contributed by atoms with Crippen molar-refractivity contribution in [2.75, 3.05) is 7.11 Å². The molecule has 3 heterocycles. The molecular formula is C20H16FN7O4S. The van der Waals surface area contributed by atoms with Crippen molar-refractivity contribution in [2.45, 2.75) is 13.5 Å². The Morgan fingerprint density at radius 2 is 2.27 bits per heavy atom. The van der Waals surface area contributed by atoms with Crippen LogP contribution in [-0.2, 0) is 20.9 Å². The van der Waals surface area contributed by atoms with Crippen LogP contribution in [0, 0.1) is 12.7 Å². The van der Waals surface area contributed by atoms with E-state index >= 15 is 0 Å². The van der Waals surface area contributed by atoms with E-state index in [1.807, 2.05) is 11.5 Å². The van der Waals surface area contributed by atoms with E-state index in [2.05, 4.69) is 35.4 Å². The highest BCUT2D eigenvalue weighted by molar-refractivity contribution is 8.18. The molecule has 33 heavy (non-hydrogen) atoms. The number of methoxy groups -OCH3 is 1. The first-order chi connectivity index (χ1) is 15.9. The molecule has 4 rings (SSSR count). The fourth-order valence-electron chi connectivity index (χ4n) is 2.73. The molecule has 1 amide bonds. The number of nitrogens with one attached hydrogen (secondary N) is 1. The second-order valence-corrected chi connectivity index (χ2v) is 7.62. The Bertz CT molecular complexity index is 1310. The summed E-state index contributed by atoms with van der Waals surface area (Å²) in [4.78, 5) is 31.6. The molecule has 11 nitrogen and oxygen atoms in total. The molecule has 0 aliphatic carbocycles. The van der Waals surface area contributed by atoms with Gasteiger partial charge < -0.3 is 13.8 Å². The van der Waals surface area contributed by atoms with Gasteiger partial charge in [0.2, 0.25) is 11.7 Å². The number of ether oxygens (including phenoxy) is 1. The van der Waals surface area contributed by atoms with Crippen LogP contribution < -0.4 is 5.32 Å². The number of aryl methyl sites for hydroxylation is 1. The van der Waals surface area contributed by atoms with Crippen LogP contribution in [0.1, 0.15) is 17.3 Å². The van der Waals surface area contributed by atoms with Gasteiger partial charge in [0.15, 0.2) is 5.17 Å². The number of halogens is 1. The van der Waals surface area contributed by atoms with Gasteiger partial charge in [0.05, 0.1) is 23.8 Å². The second-order valence-electron chi connectivity index (χ2n) is 6.59. The van der Waals surface area contributed by atoms with Crippen molar-refractivity contribution in [1.82, 2.24) is 25.0 Å². The van der Waals surface area contributed by atoms with E-state index < -0.39 is 17.7 Å². The minimum absolute atomic E-state index is 0.0954. The summed E-state index contributed by atoms with van der Waals surface area (Å²) < 4.78 is 25.9. The zero-order valence-electron chi connectivity index (χ0n) is 17.4. The number of benzene rings is 1. The zero-order chi connectivity index (χ0) is 23.4. The van der Waals surface area contributed by atoms with Crippen molar-refractivity contribution >= 4 is 35.0 Å². The van der Waals surface area contributed by atoms with Gasteiger partial charge in [0, 0.05) is 18.5 Å². The molecule has 13 heteroatoms. The van der Waals surface area contributed by atoms with Crippen LogP contribution in [0.2, 0.25) is 0 Å². The van der Waals surface area contributed by atoms with Gasteiger partial charge in [-0.2, -0.15) is 10.1 Å². The molecule has 0 radical (unpaired) electrons. The Labute approximate surface area is 190 Å². The van der Waals surface area contributed by atoms with Gasteiger partial charge in [0.1, 0.15) is 18.2 Å². The van der Waals surface area contributed by atoms with Gasteiger partial charge in [-0.1, -0.05) is 11.2 Å². The van der Waals surface area contributed by atoms with Crippen molar-refractivity contribution in [3.63, 3.8) is 0 Å². The summed E-state index contributed by atoms with van der Waals surface area (Å²) in [6.45, 7) is 2.16. The average molecular weight is 469 g/mol. The van der Waals surface area contributed by atoms with Gasteiger partial charge in [0.25, 0.3) is 5.91 Å². The molecule has 168 valence electrons. The minimum Gasteiger partial charge on any atom is -0.466 e. The Balaban J connectivity index is 1.48. The molecule has 1 aliphatic heterocycles. The number of esters is 1. The van der Waals surface area contributed by atoms with E-state index in [4.69, 9.17) is 4.52 Å². The Morgan fingerprint density at radius 3 is 3.03 bits per heavy atom. The van der Waals surface area contributed by atoms with Gasteiger partial charge in [-0.15, -0.1) is 5.10 Å². The molecule has 0 atom stereocenters. The Kier molecular flexibility index (Phi) is 6.40. The smallest absolute Gasteiger partial charge is 0.331 e. The maximum Gasteiger partial charge on any atom is 0.331 e. The third-order valence-corrected chi connectivity index (χ3v) is 5.29. The highest BCUT2D eigenvalue weighted by Crippen LogP contribution is 2.24. The fraction of sp³-hybridized carbons (Fsp3) is 0.150. The summed E-state index contributed by atoms with van der Waals surface area (Å²) in [6, 6.07) is 4.25. The van der Waals surface area contributed by atoms with Crippen molar-refractivity contribution in [1.29, 1.82) is 0 Å². The molecule has 1 saturated heterocycles. The summed E-state index contributed by atoms with van der Waals surface area (Å²) in [5.41, 5.74) is 0.656. The Morgan fingerprint density at radius 1 is 1.42 bits per heavy atom. The molecule has 3 aromatic rings. The van der Waals surface area contributed by atoms with Gasteiger partial charge in [-0.3, -0.25) is 10.1 Å². The summed E-state index contributed by atoms with van der Waals surface area (Å²) >= 11 is 0.942. The van der Waals surface area contributed by atoms with E-state index in [0.29, 0.717) is 18.0 Å². The van der Waals surface area contributed by atoms with Crippen LogP contribution in [0.15, 0.2) is 56.3 Å². The van der Waals surface area contributed by atoms with Crippen molar-refractivity contribution in [3.8, 4) is 11.4 Å². The molecule has 2 aromatic heterocycles. The lowest BCUT2D eigenvalue weighted by Gasteiger charge is -2.00. The minimum atomic E-state index is -0.652. The van der Waals surface area contributed by atoms with E-state index in [1.165, 1.54) is 31.5 Å². The number of carbonyl (C=O) groups excluding carboxylic acids is 2. The van der Waals surface area contributed by atoms with Crippen LogP contribution in [-0.4, -0.2) is 50.1 Å². The van der Waals surface area contributed by atoms with E-state index in [1.54, 1.807) is 12.4 Å². The number of hydrogen-bond donors (Lipinski definition) is 1. The highest BCUT2D eigenvalue weighted by atomic mass is 32.2. The Hall–Kier alpha value is -4.13. The van der Waals surface area contributed by atoms with Crippen molar-refractivity contribution in [3.05, 3.63) is 64.7 Å². The van der Waals surface area contributed by atoms with Crippen molar-refractivity contribution < 1.29 is 23.2 Å². The maximum atomic E-state index is 14.4. The normalized spacial score (nSPS) is 16.2. The lowest BCUT2D eigenvalue weighted by Crippen LogP contribution is -2.19. The summed E-state index contributed by atoms with van der Waals surface area (Å²) in [7, 11) is 1.21. The largest absolute Gasteiger partial charge is 0.466 e. The molecule has 1 aliphatic rings. The molecule has 0 bridgehead atoms. The fourth-order valence-corrected chi connectivity index (χ4v) is 3.47. The molecular weight excluding hydrogens is 453 g/mol. The number of nitrogens with zero attached hydrogens (tertiary/aromatic N) is 6. The number of rotatable bonds is 6. The van der Waals surface area contributed by atoms with Gasteiger partial charge >= 0.3 is 5.97 Å². The van der Waals surface area contributed by atoms with Crippen molar-refractivity contribution in [2.24, 2.45) is 10.2 Å². The third kappa shape index (κ3) is 5.20. The van der Waals surface area contributed by atoms with Crippen LogP contribution >= 0.6 is 11.8 Å². The van der Waals surface area contributed by atoms with E-state index in [-0.39, 0.29) is 21.5 Å². The number of carbonyl (C=O) groups is 2. The van der Waals surface area contributed by atoms with Crippen LogP contribution in [0.4, 0.5) is 4.39 Å². The van der Waals surface area contributed by atoms with Gasteiger partial charge in [-0.25, -0.2) is 14.2 Å². The van der Waals surface area contributed by atoms with E-state index in [0.717, 1.165) is 23.7 Å². The first-order valence-electron chi connectivity index (χ1n) is 9.43. The predicted octanol–water partition coefficient (Wildman–Crippen LogP) is 2.04. The SMILES string of the molecule is COC(=O)/C=C1/S/C(=N\N=Cc2ccc(F)c(-c3noc(Cn4ccnc4C)n3)c2)NC1=O. The number of amidine groups is 1. The molecule has 0 saturated carbocycles. The summed E-state index contributed by atoms with van der Waals surface area (Å²) in [5.74, 6) is -0.479. The van der Waals surface area contributed by atoms with Crippen LogP contribution in [0.25, 0.3) is 11.4 Å². The predicted molar refractivity (Wildman–Crippen MR) is 117 cm³/mol. The zero-order valence-corrected chi connectivity index (χ0v) is 18.2. The third-order valence-electron chi connectivity index (χ3n) is 4.39. The number of imidazole rings is 1.